The zero-order valence-corrected chi connectivity index (χ0v) is 15.4. The number of hydrogen-bond acceptors (Lipinski definition) is 4. The van der Waals surface area contributed by atoms with Crippen LogP contribution in [0.3, 0.4) is 0 Å². The van der Waals surface area contributed by atoms with Gasteiger partial charge in [-0.2, -0.15) is 0 Å². The van der Waals surface area contributed by atoms with Crippen molar-refractivity contribution in [2.75, 3.05) is 44.7 Å². The Morgan fingerprint density at radius 2 is 1.70 bits per heavy atom. The third kappa shape index (κ3) is 3.66. The maximum absolute atomic E-state index is 12.6. The Morgan fingerprint density at radius 3 is 2.44 bits per heavy atom. The highest BCUT2D eigenvalue weighted by molar-refractivity contribution is 5.98. The van der Waals surface area contributed by atoms with Crippen molar-refractivity contribution < 1.29 is 14.3 Å². The Hall–Kier alpha value is -2.86. The third-order valence-corrected chi connectivity index (χ3v) is 5.14. The Labute approximate surface area is 158 Å². The molecule has 2 amide bonds. The number of ether oxygens (including phenoxy) is 1. The lowest BCUT2D eigenvalue weighted by atomic mass is 10.1. The highest BCUT2D eigenvalue weighted by Crippen LogP contribution is 2.32. The second-order valence-corrected chi connectivity index (χ2v) is 7.03. The average Bonchev–Trinajstić information content (AvgIpc) is 2.71. The van der Waals surface area contributed by atoms with Crippen molar-refractivity contribution in [3.63, 3.8) is 0 Å². The summed E-state index contributed by atoms with van der Waals surface area (Å²) in [6.45, 7) is 3.84. The Morgan fingerprint density at radius 1 is 1.00 bits per heavy atom. The minimum atomic E-state index is -0.0636. The quantitative estimate of drug-likeness (QED) is 0.835. The van der Waals surface area contributed by atoms with Gasteiger partial charge < -0.3 is 19.4 Å². The van der Waals surface area contributed by atoms with E-state index in [1.54, 1.807) is 4.90 Å². The minimum absolute atomic E-state index is 0.0526. The highest BCUT2D eigenvalue weighted by atomic mass is 16.5. The fourth-order valence-electron chi connectivity index (χ4n) is 3.45. The van der Waals surface area contributed by atoms with E-state index in [1.165, 1.54) is 0 Å². The van der Waals surface area contributed by atoms with Crippen molar-refractivity contribution >= 4 is 17.5 Å². The van der Waals surface area contributed by atoms with Gasteiger partial charge in [-0.3, -0.25) is 9.59 Å². The van der Waals surface area contributed by atoms with E-state index in [-0.39, 0.29) is 18.4 Å². The van der Waals surface area contributed by atoms with Crippen LogP contribution in [0.15, 0.2) is 48.5 Å². The number of anilines is 1. The second-order valence-electron chi connectivity index (χ2n) is 7.03. The number of para-hydroxylation sites is 2. The van der Waals surface area contributed by atoms with Crippen molar-refractivity contribution in [1.29, 1.82) is 0 Å². The van der Waals surface area contributed by atoms with Crippen LogP contribution in [-0.4, -0.2) is 61.4 Å². The molecule has 0 aromatic heterocycles. The molecule has 2 aliphatic rings. The maximum atomic E-state index is 12.6. The molecule has 2 aromatic carbocycles. The van der Waals surface area contributed by atoms with Gasteiger partial charge in [0.25, 0.3) is 11.8 Å². The number of fused-ring (bicyclic) bond motifs is 1. The van der Waals surface area contributed by atoms with E-state index >= 15 is 0 Å². The number of hydrogen-bond donors (Lipinski definition) is 0. The average molecular weight is 365 g/mol. The Kier molecular flexibility index (Phi) is 4.81. The zero-order valence-electron chi connectivity index (χ0n) is 15.4. The van der Waals surface area contributed by atoms with Gasteiger partial charge in [-0.05, 0) is 36.9 Å². The van der Waals surface area contributed by atoms with E-state index in [9.17, 15) is 9.59 Å². The molecule has 1 fully saturated rings. The maximum Gasteiger partial charge on any atom is 0.265 e. The van der Waals surface area contributed by atoms with Crippen molar-refractivity contribution in [3.8, 4) is 5.75 Å². The molecule has 0 aliphatic carbocycles. The Balaban J connectivity index is 1.47. The number of rotatable bonds is 3. The van der Waals surface area contributed by atoms with Crippen LogP contribution in [0.1, 0.15) is 15.9 Å². The first-order valence-electron chi connectivity index (χ1n) is 9.21. The van der Waals surface area contributed by atoms with Crippen LogP contribution in [0.4, 0.5) is 5.69 Å². The fraction of sp³-hybridized carbons (Fsp3) is 0.333. The van der Waals surface area contributed by atoms with Crippen LogP contribution in [-0.2, 0) is 11.3 Å². The first-order valence-corrected chi connectivity index (χ1v) is 9.21. The second kappa shape index (κ2) is 7.40. The molecule has 0 spiro atoms. The van der Waals surface area contributed by atoms with E-state index < -0.39 is 0 Å². The molecule has 2 heterocycles. The van der Waals surface area contributed by atoms with Crippen molar-refractivity contribution in [2.45, 2.75) is 6.54 Å². The van der Waals surface area contributed by atoms with Gasteiger partial charge in [-0.25, -0.2) is 0 Å². The summed E-state index contributed by atoms with van der Waals surface area (Å²) < 4.78 is 5.48. The van der Waals surface area contributed by atoms with Gasteiger partial charge in [-0.15, -0.1) is 0 Å². The standard InChI is InChI=1S/C21H23N3O3/c1-22-10-12-23(13-11-22)21(26)17-8-6-16(7-9-17)14-24-18-4-2-3-5-19(18)27-15-20(24)25/h2-9H,10-15H2,1H3. The van der Waals surface area contributed by atoms with Crippen molar-refractivity contribution in [3.05, 3.63) is 59.7 Å². The lowest BCUT2D eigenvalue weighted by Gasteiger charge is -2.32. The smallest absolute Gasteiger partial charge is 0.265 e. The van der Waals surface area contributed by atoms with Crippen LogP contribution in [0.2, 0.25) is 0 Å². The number of piperazine rings is 1. The lowest BCUT2D eigenvalue weighted by molar-refractivity contribution is -0.121. The molecule has 140 valence electrons. The molecule has 4 rings (SSSR count). The largest absolute Gasteiger partial charge is 0.482 e. The topological polar surface area (TPSA) is 53.1 Å². The van der Waals surface area contributed by atoms with E-state index in [1.807, 2.05) is 53.4 Å². The zero-order chi connectivity index (χ0) is 18.8. The fourth-order valence-corrected chi connectivity index (χ4v) is 3.45. The summed E-state index contributed by atoms with van der Waals surface area (Å²) in [7, 11) is 2.07. The number of carbonyl (C=O) groups excluding carboxylic acids is 2. The highest BCUT2D eigenvalue weighted by Gasteiger charge is 2.25. The molecular formula is C21H23N3O3. The first kappa shape index (κ1) is 17.5. The normalized spacial score (nSPS) is 17.4. The summed E-state index contributed by atoms with van der Waals surface area (Å²) in [4.78, 5) is 30.8. The Bertz CT molecular complexity index is 842. The number of likely N-dealkylation sites (N-methyl/N-ethyl adjacent to an activating group) is 1. The number of nitrogens with zero attached hydrogens (tertiary/aromatic N) is 3. The molecule has 6 heteroatoms. The van der Waals surface area contributed by atoms with Gasteiger partial charge in [-0.1, -0.05) is 24.3 Å². The molecular weight excluding hydrogens is 342 g/mol. The monoisotopic (exact) mass is 365 g/mol. The van der Waals surface area contributed by atoms with Crippen LogP contribution >= 0.6 is 0 Å². The molecule has 0 N–H and O–H groups in total. The summed E-state index contributed by atoms with van der Waals surface area (Å²) >= 11 is 0. The van der Waals surface area contributed by atoms with Crippen LogP contribution < -0.4 is 9.64 Å². The predicted octanol–water partition coefficient (Wildman–Crippen LogP) is 2.00. The van der Waals surface area contributed by atoms with Gasteiger partial charge in [0.2, 0.25) is 0 Å². The summed E-state index contributed by atoms with van der Waals surface area (Å²) in [5, 5.41) is 0. The molecule has 27 heavy (non-hydrogen) atoms. The van der Waals surface area contributed by atoms with E-state index in [4.69, 9.17) is 4.74 Å². The van der Waals surface area contributed by atoms with Crippen molar-refractivity contribution in [1.82, 2.24) is 9.80 Å². The van der Waals surface area contributed by atoms with Gasteiger partial charge >= 0.3 is 0 Å². The van der Waals surface area contributed by atoms with Crippen LogP contribution in [0, 0.1) is 0 Å². The summed E-state index contributed by atoms with van der Waals surface area (Å²) in [5.41, 5.74) is 2.46. The number of amides is 2. The molecule has 0 bridgehead atoms. The predicted molar refractivity (Wildman–Crippen MR) is 103 cm³/mol. The molecule has 2 aliphatic heterocycles. The minimum Gasteiger partial charge on any atom is -0.482 e. The van der Waals surface area contributed by atoms with E-state index in [2.05, 4.69) is 11.9 Å². The number of benzene rings is 2. The van der Waals surface area contributed by atoms with Crippen LogP contribution in [0.5, 0.6) is 5.75 Å². The molecule has 2 aromatic rings. The van der Waals surface area contributed by atoms with Crippen molar-refractivity contribution in [2.24, 2.45) is 0 Å². The molecule has 1 saturated heterocycles. The molecule has 0 saturated carbocycles. The molecule has 0 unspecified atom stereocenters. The van der Waals surface area contributed by atoms with Crippen LogP contribution in [0.25, 0.3) is 0 Å². The van der Waals surface area contributed by atoms with Gasteiger partial charge in [0.05, 0.1) is 12.2 Å². The first-order chi connectivity index (χ1) is 13.1. The SMILES string of the molecule is CN1CCN(C(=O)c2ccc(CN3C(=O)COc4ccccc43)cc2)CC1. The summed E-state index contributed by atoms with van der Waals surface area (Å²) in [6.07, 6.45) is 0. The molecule has 6 nitrogen and oxygen atoms in total. The molecule has 0 atom stereocenters. The third-order valence-electron chi connectivity index (χ3n) is 5.14. The number of carbonyl (C=O) groups is 2. The van der Waals surface area contributed by atoms with Gasteiger partial charge in [0.15, 0.2) is 6.61 Å². The molecule has 0 radical (unpaired) electrons. The van der Waals surface area contributed by atoms with Gasteiger partial charge in [0.1, 0.15) is 5.75 Å². The van der Waals surface area contributed by atoms with E-state index in [0.717, 1.165) is 43.2 Å². The lowest BCUT2D eigenvalue weighted by Crippen LogP contribution is -2.47. The van der Waals surface area contributed by atoms with E-state index in [0.29, 0.717) is 12.1 Å². The van der Waals surface area contributed by atoms with Gasteiger partial charge in [0, 0.05) is 31.7 Å². The summed E-state index contributed by atoms with van der Waals surface area (Å²) in [6, 6.07) is 15.1. The summed E-state index contributed by atoms with van der Waals surface area (Å²) in [5.74, 6) is 0.729.